The number of fused-ring (bicyclic) bond motifs is 1. The number of hydrogen-bond acceptors (Lipinski definition) is 1. The second-order valence-electron chi connectivity index (χ2n) is 8.01. The van der Waals surface area contributed by atoms with E-state index in [1.807, 2.05) is 48.5 Å². The third-order valence-electron chi connectivity index (χ3n) is 5.77. The van der Waals surface area contributed by atoms with Crippen LogP contribution in [0.15, 0.2) is 85.1 Å². The summed E-state index contributed by atoms with van der Waals surface area (Å²) >= 11 is 6.37. The second-order valence-corrected chi connectivity index (χ2v) is 8.41. The molecule has 4 rings (SSSR count). The van der Waals surface area contributed by atoms with Crippen LogP contribution in [0.5, 0.6) is 0 Å². The van der Waals surface area contributed by atoms with E-state index in [1.54, 1.807) is 0 Å². The Kier molecular flexibility index (Phi) is 6.73. The van der Waals surface area contributed by atoms with Gasteiger partial charge in [-0.2, -0.15) is 0 Å². The van der Waals surface area contributed by atoms with Gasteiger partial charge in [0, 0.05) is 41.6 Å². The molecule has 3 nitrogen and oxygen atoms in total. The van der Waals surface area contributed by atoms with E-state index in [4.69, 9.17) is 11.6 Å². The number of amides is 1. The van der Waals surface area contributed by atoms with Crippen LogP contribution in [0.4, 0.5) is 0 Å². The number of aryl methyl sites for hydroxylation is 1. The molecule has 1 heterocycles. The standard InChI is InChI=1S/C27H27ClN2O/c1-20(21-9-3-2-4-10-21)17-29-27(31)16-15-22-18-30(26-14-8-6-12-24(22)26)19-23-11-5-7-13-25(23)28/h2-14,18,20H,15-17,19H2,1H3,(H,29,31)/t20-/m0/s1. The van der Waals surface area contributed by atoms with Gasteiger partial charge < -0.3 is 9.88 Å². The lowest BCUT2D eigenvalue weighted by Crippen LogP contribution is -2.27. The molecule has 0 fully saturated rings. The predicted octanol–water partition coefficient (Wildman–Crippen LogP) is 6.20. The monoisotopic (exact) mass is 430 g/mol. The van der Waals surface area contributed by atoms with Crippen LogP contribution < -0.4 is 5.32 Å². The minimum absolute atomic E-state index is 0.0886. The Balaban J connectivity index is 1.41. The van der Waals surface area contributed by atoms with Crippen LogP contribution in [-0.2, 0) is 17.8 Å². The maximum Gasteiger partial charge on any atom is 0.220 e. The third-order valence-corrected chi connectivity index (χ3v) is 6.13. The lowest BCUT2D eigenvalue weighted by atomic mass is 10.0. The number of rotatable bonds is 8. The van der Waals surface area contributed by atoms with E-state index in [0.29, 0.717) is 31.8 Å². The molecule has 0 aliphatic carbocycles. The number of halogens is 1. The Bertz CT molecular complexity index is 1170. The third kappa shape index (κ3) is 5.18. The Morgan fingerprint density at radius 1 is 0.935 bits per heavy atom. The van der Waals surface area contributed by atoms with Crippen molar-refractivity contribution in [1.82, 2.24) is 9.88 Å². The van der Waals surface area contributed by atoms with Crippen molar-refractivity contribution in [3.05, 3.63) is 107 Å². The Hall–Kier alpha value is -3.04. The normalized spacial score (nSPS) is 12.1. The Morgan fingerprint density at radius 2 is 1.65 bits per heavy atom. The van der Waals surface area contributed by atoms with Crippen LogP contribution in [0, 0.1) is 0 Å². The zero-order valence-corrected chi connectivity index (χ0v) is 18.5. The van der Waals surface area contributed by atoms with Crippen LogP contribution in [-0.4, -0.2) is 17.0 Å². The van der Waals surface area contributed by atoms with E-state index in [9.17, 15) is 4.79 Å². The van der Waals surface area contributed by atoms with Gasteiger partial charge in [-0.15, -0.1) is 0 Å². The molecule has 1 aromatic heterocycles. The van der Waals surface area contributed by atoms with E-state index in [2.05, 4.69) is 53.3 Å². The molecule has 1 atom stereocenters. The molecule has 1 amide bonds. The van der Waals surface area contributed by atoms with Gasteiger partial charge in [0.15, 0.2) is 0 Å². The van der Waals surface area contributed by atoms with E-state index >= 15 is 0 Å². The molecular weight excluding hydrogens is 404 g/mol. The Morgan fingerprint density at radius 3 is 2.45 bits per heavy atom. The molecule has 0 aliphatic rings. The van der Waals surface area contributed by atoms with Gasteiger partial charge in [0.05, 0.1) is 0 Å². The number of para-hydroxylation sites is 1. The van der Waals surface area contributed by atoms with Gasteiger partial charge in [-0.1, -0.05) is 85.3 Å². The number of hydrogen-bond donors (Lipinski definition) is 1. The molecule has 0 saturated heterocycles. The van der Waals surface area contributed by atoms with Crippen molar-refractivity contribution in [3.8, 4) is 0 Å². The maximum atomic E-state index is 12.5. The van der Waals surface area contributed by atoms with Crippen molar-refractivity contribution in [3.63, 3.8) is 0 Å². The first kappa shape index (κ1) is 21.2. The molecule has 3 aromatic carbocycles. The van der Waals surface area contributed by atoms with Gasteiger partial charge in [-0.05, 0) is 41.2 Å². The van der Waals surface area contributed by atoms with Crippen molar-refractivity contribution in [2.45, 2.75) is 32.2 Å². The van der Waals surface area contributed by atoms with Crippen LogP contribution >= 0.6 is 11.6 Å². The number of benzene rings is 3. The number of carbonyl (C=O) groups is 1. The van der Waals surface area contributed by atoms with Crippen molar-refractivity contribution in [2.24, 2.45) is 0 Å². The fourth-order valence-electron chi connectivity index (χ4n) is 3.97. The van der Waals surface area contributed by atoms with Gasteiger partial charge in [0.2, 0.25) is 5.91 Å². The summed E-state index contributed by atoms with van der Waals surface area (Å²) in [6, 6.07) is 26.6. The van der Waals surface area contributed by atoms with E-state index in [-0.39, 0.29) is 5.91 Å². The molecule has 0 aliphatic heterocycles. The molecule has 31 heavy (non-hydrogen) atoms. The molecular formula is C27H27ClN2O. The SMILES string of the molecule is C[C@@H](CNC(=O)CCc1cn(Cc2ccccc2Cl)c2ccccc12)c1ccccc1. The summed E-state index contributed by atoms with van der Waals surface area (Å²) in [7, 11) is 0. The first-order chi connectivity index (χ1) is 15.1. The average molecular weight is 431 g/mol. The van der Waals surface area contributed by atoms with Crippen molar-refractivity contribution in [2.75, 3.05) is 6.54 Å². The zero-order valence-electron chi connectivity index (χ0n) is 17.7. The number of aromatic nitrogens is 1. The number of nitrogens with zero attached hydrogens (tertiary/aromatic N) is 1. The quantitative estimate of drug-likeness (QED) is 0.355. The maximum absolute atomic E-state index is 12.5. The highest BCUT2D eigenvalue weighted by atomic mass is 35.5. The lowest BCUT2D eigenvalue weighted by Gasteiger charge is -2.13. The van der Waals surface area contributed by atoms with E-state index in [0.717, 1.165) is 16.1 Å². The number of nitrogens with one attached hydrogen (secondary N) is 1. The highest BCUT2D eigenvalue weighted by Gasteiger charge is 2.12. The lowest BCUT2D eigenvalue weighted by molar-refractivity contribution is -0.121. The fraction of sp³-hybridized carbons (Fsp3) is 0.222. The molecule has 0 saturated carbocycles. The molecule has 0 unspecified atom stereocenters. The molecule has 4 heteroatoms. The Labute approximate surface area is 188 Å². The first-order valence-electron chi connectivity index (χ1n) is 10.7. The van der Waals surface area contributed by atoms with Gasteiger partial charge in [-0.3, -0.25) is 4.79 Å². The van der Waals surface area contributed by atoms with Crippen molar-refractivity contribution < 1.29 is 4.79 Å². The predicted molar refractivity (Wildman–Crippen MR) is 129 cm³/mol. The van der Waals surface area contributed by atoms with Gasteiger partial charge in [0.1, 0.15) is 0 Å². The molecule has 1 N–H and O–H groups in total. The minimum atomic E-state index is 0.0886. The topological polar surface area (TPSA) is 34.0 Å². The number of carbonyl (C=O) groups excluding carboxylic acids is 1. The van der Waals surface area contributed by atoms with E-state index < -0.39 is 0 Å². The van der Waals surface area contributed by atoms with Crippen LogP contribution in [0.1, 0.15) is 36.0 Å². The van der Waals surface area contributed by atoms with Crippen LogP contribution in [0.25, 0.3) is 10.9 Å². The minimum Gasteiger partial charge on any atom is -0.355 e. The summed E-state index contributed by atoms with van der Waals surface area (Å²) in [6.45, 7) is 3.50. The van der Waals surface area contributed by atoms with Crippen molar-refractivity contribution >= 4 is 28.4 Å². The van der Waals surface area contributed by atoms with Gasteiger partial charge in [0.25, 0.3) is 0 Å². The average Bonchev–Trinajstić information content (AvgIpc) is 3.15. The smallest absolute Gasteiger partial charge is 0.220 e. The molecule has 0 radical (unpaired) electrons. The summed E-state index contributed by atoms with van der Waals surface area (Å²) in [5, 5.41) is 5.06. The molecule has 0 spiro atoms. The summed E-state index contributed by atoms with van der Waals surface area (Å²) in [5.74, 6) is 0.383. The second kappa shape index (κ2) is 9.84. The zero-order chi connectivity index (χ0) is 21.6. The molecule has 4 aromatic rings. The summed E-state index contributed by atoms with van der Waals surface area (Å²) in [6.07, 6.45) is 3.34. The molecule has 158 valence electrons. The summed E-state index contributed by atoms with van der Waals surface area (Å²) in [5.41, 5.74) is 4.68. The summed E-state index contributed by atoms with van der Waals surface area (Å²) in [4.78, 5) is 12.5. The first-order valence-corrected chi connectivity index (χ1v) is 11.1. The van der Waals surface area contributed by atoms with Crippen molar-refractivity contribution in [1.29, 1.82) is 0 Å². The highest BCUT2D eigenvalue weighted by molar-refractivity contribution is 6.31. The van der Waals surface area contributed by atoms with Crippen LogP contribution in [0.2, 0.25) is 5.02 Å². The van der Waals surface area contributed by atoms with E-state index in [1.165, 1.54) is 16.5 Å². The van der Waals surface area contributed by atoms with Crippen LogP contribution in [0.3, 0.4) is 0 Å². The fourth-order valence-corrected chi connectivity index (χ4v) is 4.16. The largest absolute Gasteiger partial charge is 0.355 e. The summed E-state index contributed by atoms with van der Waals surface area (Å²) < 4.78 is 2.22. The van der Waals surface area contributed by atoms with Gasteiger partial charge >= 0.3 is 0 Å². The van der Waals surface area contributed by atoms with Gasteiger partial charge in [-0.25, -0.2) is 0 Å². The highest BCUT2D eigenvalue weighted by Crippen LogP contribution is 2.25. The molecule has 0 bridgehead atoms.